The van der Waals surface area contributed by atoms with E-state index in [1.165, 1.54) is 5.56 Å². The molecule has 0 saturated heterocycles. The minimum atomic E-state index is -0.331. The van der Waals surface area contributed by atoms with Crippen LogP contribution < -0.4 is 5.32 Å². The van der Waals surface area contributed by atoms with Gasteiger partial charge in [-0.15, -0.1) is 0 Å². The fourth-order valence-corrected chi connectivity index (χ4v) is 2.91. The van der Waals surface area contributed by atoms with Crippen molar-refractivity contribution in [2.75, 3.05) is 5.32 Å². The molecule has 1 N–H and O–H groups in total. The number of para-hydroxylation sites is 1. The standard InChI is InChI=1S/C14H15NO2/c16-11-5-7-14(8-6-11)9-10-3-1-2-4-12(10)15-13(14)17/h1-4H,5-9H2,(H,15,17). The van der Waals surface area contributed by atoms with Crippen LogP contribution in [0, 0.1) is 5.41 Å². The zero-order chi connectivity index (χ0) is 11.9. The van der Waals surface area contributed by atoms with Gasteiger partial charge in [-0.25, -0.2) is 0 Å². The Morgan fingerprint density at radius 3 is 2.53 bits per heavy atom. The summed E-state index contributed by atoms with van der Waals surface area (Å²) in [4.78, 5) is 23.5. The van der Waals surface area contributed by atoms with Crippen LogP contribution in [0.1, 0.15) is 31.2 Å². The molecule has 17 heavy (non-hydrogen) atoms. The lowest BCUT2D eigenvalue weighted by atomic mass is 9.67. The van der Waals surface area contributed by atoms with E-state index in [4.69, 9.17) is 0 Å². The monoisotopic (exact) mass is 229 g/mol. The average molecular weight is 229 g/mol. The number of rotatable bonds is 0. The molecule has 3 heteroatoms. The third-order valence-electron chi connectivity index (χ3n) is 4.04. The molecule has 1 spiro atoms. The fraction of sp³-hybridized carbons (Fsp3) is 0.429. The van der Waals surface area contributed by atoms with Gasteiger partial charge in [-0.1, -0.05) is 18.2 Å². The summed E-state index contributed by atoms with van der Waals surface area (Å²) in [5, 5.41) is 2.99. The van der Waals surface area contributed by atoms with Crippen LogP contribution in [-0.2, 0) is 16.0 Å². The molecule has 88 valence electrons. The van der Waals surface area contributed by atoms with Gasteiger partial charge in [0, 0.05) is 18.5 Å². The van der Waals surface area contributed by atoms with E-state index in [0.717, 1.165) is 12.1 Å². The van der Waals surface area contributed by atoms with E-state index in [0.29, 0.717) is 31.5 Å². The van der Waals surface area contributed by atoms with Crippen LogP contribution in [0.3, 0.4) is 0 Å². The number of carbonyl (C=O) groups excluding carboxylic acids is 2. The topological polar surface area (TPSA) is 46.2 Å². The van der Waals surface area contributed by atoms with Crippen molar-refractivity contribution >= 4 is 17.4 Å². The van der Waals surface area contributed by atoms with Crippen LogP contribution in [-0.4, -0.2) is 11.7 Å². The minimum absolute atomic E-state index is 0.101. The molecule has 1 amide bonds. The molecule has 0 radical (unpaired) electrons. The number of anilines is 1. The molecular weight excluding hydrogens is 214 g/mol. The summed E-state index contributed by atoms with van der Waals surface area (Å²) in [5.74, 6) is 0.394. The number of amides is 1. The van der Waals surface area contributed by atoms with Crippen LogP contribution in [0.2, 0.25) is 0 Å². The molecule has 1 aliphatic heterocycles. The van der Waals surface area contributed by atoms with Gasteiger partial charge in [-0.2, -0.15) is 0 Å². The number of Topliss-reactive ketones (excluding diaryl/α,β-unsaturated/α-hetero) is 1. The van der Waals surface area contributed by atoms with Gasteiger partial charge in [0.1, 0.15) is 5.78 Å². The van der Waals surface area contributed by atoms with E-state index < -0.39 is 0 Å². The molecule has 2 aliphatic rings. The predicted molar refractivity (Wildman–Crippen MR) is 64.7 cm³/mol. The lowest BCUT2D eigenvalue weighted by Gasteiger charge is -2.39. The van der Waals surface area contributed by atoms with Crippen molar-refractivity contribution in [2.24, 2.45) is 5.41 Å². The van der Waals surface area contributed by atoms with Gasteiger partial charge >= 0.3 is 0 Å². The third-order valence-corrected chi connectivity index (χ3v) is 4.04. The van der Waals surface area contributed by atoms with Crippen molar-refractivity contribution in [2.45, 2.75) is 32.1 Å². The highest BCUT2D eigenvalue weighted by Gasteiger charge is 2.44. The van der Waals surface area contributed by atoms with Crippen LogP contribution in [0.15, 0.2) is 24.3 Å². The predicted octanol–water partition coefficient (Wildman–Crippen LogP) is 2.31. The largest absolute Gasteiger partial charge is 0.325 e. The second-order valence-electron chi connectivity index (χ2n) is 5.11. The molecule has 1 saturated carbocycles. The molecule has 3 nitrogen and oxygen atoms in total. The van der Waals surface area contributed by atoms with E-state index in [-0.39, 0.29) is 11.3 Å². The average Bonchev–Trinajstić information content (AvgIpc) is 2.34. The van der Waals surface area contributed by atoms with Crippen molar-refractivity contribution in [3.05, 3.63) is 29.8 Å². The highest BCUT2D eigenvalue weighted by Crippen LogP contribution is 2.43. The molecule has 0 bridgehead atoms. The molecular formula is C14H15NO2. The normalized spacial score (nSPS) is 22.1. The van der Waals surface area contributed by atoms with E-state index in [1.807, 2.05) is 18.2 Å². The number of hydrogen-bond donors (Lipinski definition) is 1. The number of nitrogens with one attached hydrogen (secondary N) is 1. The summed E-state index contributed by atoms with van der Waals surface area (Å²) in [6.07, 6.45) is 3.28. The van der Waals surface area contributed by atoms with Gasteiger partial charge in [0.2, 0.25) is 5.91 Å². The van der Waals surface area contributed by atoms with Gasteiger partial charge in [-0.05, 0) is 30.9 Å². The van der Waals surface area contributed by atoms with Crippen molar-refractivity contribution in [1.82, 2.24) is 0 Å². The van der Waals surface area contributed by atoms with Gasteiger partial charge in [-0.3, -0.25) is 9.59 Å². The van der Waals surface area contributed by atoms with E-state index in [1.54, 1.807) is 0 Å². The van der Waals surface area contributed by atoms with E-state index >= 15 is 0 Å². The molecule has 3 rings (SSSR count). The summed E-state index contributed by atoms with van der Waals surface area (Å²) in [7, 11) is 0. The van der Waals surface area contributed by atoms with Crippen molar-refractivity contribution < 1.29 is 9.59 Å². The maximum Gasteiger partial charge on any atom is 0.230 e. The molecule has 1 aromatic carbocycles. The molecule has 0 atom stereocenters. The van der Waals surface area contributed by atoms with Crippen LogP contribution in [0.5, 0.6) is 0 Å². The Morgan fingerprint density at radius 1 is 1.06 bits per heavy atom. The third kappa shape index (κ3) is 1.66. The second-order valence-corrected chi connectivity index (χ2v) is 5.11. The Bertz CT molecular complexity index is 483. The molecule has 0 aromatic heterocycles. The van der Waals surface area contributed by atoms with Gasteiger partial charge in [0.15, 0.2) is 0 Å². The lowest BCUT2D eigenvalue weighted by Crippen LogP contribution is -2.44. The van der Waals surface area contributed by atoms with Crippen LogP contribution in [0.4, 0.5) is 5.69 Å². The summed E-state index contributed by atoms with van der Waals surface area (Å²) in [6.45, 7) is 0. The Balaban J connectivity index is 1.94. The molecule has 0 unspecified atom stereocenters. The highest BCUT2D eigenvalue weighted by molar-refractivity contribution is 5.99. The zero-order valence-corrected chi connectivity index (χ0v) is 9.66. The number of carbonyl (C=O) groups is 2. The number of fused-ring (bicyclic) bond motifs is 1. The fourth-order valence-electron chi connectivity index (χ4n) is 2.91. The molecule has 1 aliphatic carbocycles. The number of ketones is 1. The molecule has 1 fully saturated rings. The molecule has 1 heterocycles. The first-order valence-corrected chi connectivity index (χ1v) is 6.11. The summed E-state index contributed by atoms with van der Waals surface area (Å²) in [6, 6.07) is 7.93. The van der Waals surface area contributed by atoms with Crippen LogP contribution in [0.25, 0.3) is 0 Å². The summed E-state index contributed by atoms with van der Waals surface area (Å²) in [5.41, 5.74) is 1.80. The minimum Gasteiger partial charge on any atom is -0.325 e. The van der Waals surface area contributed by atoms with Gasteiger partial charge < -0.3 is 5.32 Å². The van der Waals surface area contributed by atoms with E-state index in [9.17, 15) is 9.59 Å². The Morgan fingerprint density at radius 2 is 1.76 bits per heavy atom. The van der Waals surface area contributed by atoms with Crippen molar-refractivity contribution in [3.8, 4) is 0 Å². The summed E-state index contributed by atoms with van der Waals surface area (Å²) < 4.78 is 0. The van der Waals surface area contributed by atoms with Crippen molar-refractivity contribution in [1.29, 1.82) is 0 Å². The maximum atomic E-state index is 12.2. The zero-order valence-electron chi connectivity index (χ0n) is 9.66. The first-order chi connectivity index (χ1) is 8.20. The smallest absolute Gasteiger partial charge is 0.230 e. The van der Waals surface area contributed by atoms with Gasteiger partial charge in [0.05, 0.1) is 5.41 Å². The SMILES string of the molecule is O=C1CCC2(CC1)Cc1ccccc1NC2=O. The van der Waals surface area contributed by atoms with Crippen LogP contribution >= 0.6 is 0 Å². The second kappa shape index (κ2) is 3.69. The van der Waals surface area contributed by atoms with E-state index in [2.05, 4.69) is 11.4 Å². The number of benzene rings is 1. The maximum absolute atomic E-state index is 12.2. The first kappa shape index (κ1) is 10.5. The van der Waals surface area contributed by atoms with Gasteiger partial charge in [0.25, 0.3) is 0 Å². The quantitative estimate of drug-likeness (QED) is 0.742. The van der Waals surface area contributed by atoms with Crippen molar-refractivity contribution in [3.63, 3.8) is 0 Å². The first-order valence-electron chi connectivity index (χ1n) is 6.11. The highest BCUT2D eigenvalue weighted by atomic mass is 16.2. The Labute approximate surface area is 100 Å². The lowest BCUT2D eigenvalue weighted by molar-refractivity contribution is -0.131. The molecule has 1 aromatic rings. The number of hydrogen-bond acceptors (Lipinski definition) is 2. The Kier molecular flexibility index (Phi) is 2.28. The Hall–Kier alpha value is -1.64. The summed E-state index contributed by atoms with van der Waals surface area (Å²) >= 11 is 0.